The molecule has 0 aliphatic carbocycles. The monoisotopic (exact) mass is 334 g/mol. The van der Waals surface area contributed by atoms with Crippen LogP contribution in [0.5, 0.6) is 0 Å². The van der Waals surface area contributed by atoms with Crippen molar-refractivity contribution in [3.05, 3.63) is 15.9 Å². The molecule has 92 valence electrons. The maximum absolute atomic E-state index is 12.7. The summed E-state index contributed by atoms with van der Waals surface area (Å²) < 4.78 is 50.9. The van der Waals surface area contributed by atoms with Crippen LogP contribution in [0.1, 0.15) is 0 Å². The van der Waals surface area contributed by atoms with Gasteiger partial charge in [-0.05, 0) is 28.1 Å². The van der Waals surface area contributed by atoms with Crippen molar-refractivity contribution in [2.75, 3.05) is 13.1 Å². The van der Waals surface area contributed by atoms with E-state index in [1.165, 1.54) is 12.1 Å². The molecule has 0 spiro atoms. The molecule has 16 heavy (non-hydrogen) atoms. The summed E-state index contributed by atoms with van der Waals surface area (Å²) in [7, 11) is -3.88. The van der Waals surface area contributed by atoms with E-state index in [2.05, 4.69) is 15.9 Å². The van der Waals surface area contributed by atoms with Crippen molar-refractivity contribution in [3.8, 4) is 0 Å². The number of nitrogens with two attached hydrogens (primary N) is 1. The Morgan fingerprint density at radius 2 is 2.12 bits per heavy atom. The first-order chi connectivity index (χ1) is 7.27. The molecule has 0 aliphatic heterocycles. The minimum absolute atomic E-state index is 0.0211. The van der Waals surface area contributed by atoms with Crippen LogP contribution >= 0.6 is 27.3 Å². The van der Waals surface area contributed by atoms with Gasteiger partial charge in [0.2, 0.25) is 10.0 Å². The second-order valence-electron chi connectivity index (χ2n) is 2.94. The standard InChI is InChI=1S/C7H9BrF2N2O2S2/c8-5-1-2-6(15-5)16(13,14)12-4-7(9,10)3-11/h1-2,12H,3-4,11H2. The van der Waals surface area contributed by atoms with Crippen LogP contribution in [0.3, 0.4) is 0 Å². The van der Waals surface area contributed by atoms with E-state index in [4.69, 9.17) is 5.73 Å². The molecule has 9 heteroatoms. The SMILES string of the molecule is NCC(F)(F)CNS(=O)(=O)c1ccc(Br)s1. The van der Waals surface area contributed by atoms with Crippen molar-refractivity contribution in [2.24, 2.45) is 5.73 Å². The van der Waals surface area contributed by atoms with E-state index in [1.54, 1.807) is 0 Å². The minimum Gasteiger partial charge on any atom is -0.325 e. The number of thiophene rings is 1. The quantitative estimate of drug-likeness (QED) is 0.854. The second-order valence-corrected chi connectivity index (χ2v) is 7.40. The van der Waals surface area contributed by atoms with Gasteiger partial charge in [-0.15, -0.1) is 11.3 Å². The number of sulfonamides is 1. The van der Waals surface area contributed by atoms with Crippen molar-refractivity contribution in [2.45, 2.75) is 10.1 Å². The molecule has 1 aromatic heterocycles. The van der Waals surface area contributed by atoms with Gasteiger partial charge < -0.3 is 5.73 Å². The van der Waals surface area contributed by atoms with Crippen LogP contribution < -0.4 is 10.5 Å². The first-order valence-electron chi connectivity index (χ1n) is 4.10. The van der Waals surface area contributed by atoms with Gasteiger partial charge in [0.05, 0.1) is 16.9 Å². The Hall–Kier alpha value is -0.0900. The van der Waals surface area contributed by atoms with Crippen LogP contribution in [-0.2, 0) is 10.0 Å². The van der Waals surface area contributed by atoms with Crippen molar-refractivity contribution in [3.63, 3.8) is 0 Å². The lowest BCUT2D eigenvalue weighted by Crippen LogP contribution is -2.41. The number of alkyl halides is 2. The van der Waals surface area contributed by atoms with E-state index >= 15 is 0 Å². The maximum atomic E-state index is 12.7. The van der Waals surface area contributed by atoms with Gasteiger partial charge in [-0.3, -0.25) is 0 Å². The van der Waals surface area contributed by atoms with Crippen LogP contribution in [0.2, 0.25) is 0 Å². The predicted molar refractivity (Wildman–Crippen MR) is 61.2 cm³/mol. The van der Waals surface area contributed by atoms with Gasteiger partial charge in [-0.2, -0.15) is 0 Å². The molecule has 0 radical (unpaired) electrons. The molecule has 0 saturated carbocycles. The lowest BCUT2D eigenvalue weighted by atomic mass is 10.3. The molecule has 0 unspecified atom stereocenters. The molecule has 4 nitrogen and oxygen atoms in total. The molecule has 0 aliphatic rings. The van der Waals surface area contributed by atoms with Gasteiger partial charge in [-0.1, -0.05) is 0 Å². The summed E-state index contributed by atoms with van der Waals surface area (Å²) in [6.07, 6.45) is 0. The zero-order valence-electron chi connectivity index (χ0n) is 7.91. The van der Waals surface area contributed by atoms with E-state index in [0.717, 1.165) is 11.3 Å². The molecule has 1 aromatic rings. The van der Waals surface area contributed by atoms with Crippen molar-refractivity contribution >= 4 is 37.3 Å². The average Bonchev–Trinajstić information content (AvgIpc) is 2.63. The summed E-state index contributed by atoms with van der Waals surface area (Å²) in [6.45, 7) is -1.90. The molecule has 0 saturated heterocycles. The first kappa shape index (κ1) is 14.0. The summed E-state index contributed by atoms with van der Waals surface area (Å²) in [5.41, 5.74) is 4.79. The van der Waals surface area contributed by atoms with Gasteiger partial charge in [-0.25, -0.2) is 21.9 Å². The van der Waals surface area contributed by atoms with Crippen molar-refractivity contribution in [1.82, 2.24) is 4.72 Å². The van der Waals surface area contributed by atoms with E-state index in [9.17, 15) is 17.2 Å². The molecule has 0 fully saturated rings. The number of hydrogen-bond donors (Lipinski definition) is 2. The second kappa shape index (κ2) is 5.05. The molecule has 1 rings (SSSR count). The normalized spacial score (nSPS) is 13.0. The highest BCUT2D eigenvalue weighted by Crippen LogP contribution is 2.26. The van der Waals surface area contributed by atoms with Gasteiger partial charge in [0.25, 0.3) is 5.92 Å². The smallest absolute Gasteiger partial charge is 0.273 e. The number of nitrogens with one attached hydrogen (secondary N) is 1. The predicted octanol–water partition coefficient (Wildman–Crippen LogP) is 1.38. The molecule has 0 aromatic carbocycles. The van der Waals surface area contributed by atoms with Crippen LogP contribution in [0.4, 0.5) is 8.78 Å². The van der Waals surface area contributed by atoms with Gasteiger partial charge >= 0.3 is 0 Å². The molecule has 3 N–H and O–H groups in total. The van der Waals surface area contributed by atoms with Crippen molar-refractivity contribution in [1.29, 1.82) is 0 Å². The number of rotatable bonds is 5. The van der Waals surface area contributed by atoms with E-state index in [-0.39, 0.29) is 4.21 Å². The number of halogens is 3. The highest BCUT2D eigenvalue weighted by atomic mass is 79.9. The largest absolute Gasteiger partial charge is 0.325 e. The topological polar surface area (TPSA) is 72.2 Å². The molecule has 0 atom stereocenters. The Bertz CT molecular complexity index is 461. The summed E-state index contributed by atoms with van der Waals surface area (Å²) in [5.74, 6) is -3.23. The van der Waals surface area contributed by atoms with E-state index < -0.39 is 29.0 Å². The number of hydrogen-bond acceptors (Lipinski definition) is 4. The molecule has 0 bridgehead atoms. The molecular weight excluding hydrogens is 326 g/mol. The Labute approximate surface area is 104 Å². The van der Waals surface area contributed by atoms with Crippen molar-refractivity contribution < 1.29 is 17.2 Å². The molecule has 1 heterocycles. The Kier molecular flexibility index (Phi) is 4.41. The lowest BCUT2D eigenvalue weighted by molar-refractivity contribution is 0.0170. The van der Waals surface area contributed by atoms with E-state index in [1.807, 2.05) is 4.72 Å². The van der Waals surface area contributed by atoms with Gasteiger partial charge in [0, 0.05) is 0 Å². The lowest BCUT2D eigenvalue weighted by Gasteiger charge is -2.13. The summed E-state index contributed by atoms with van der Waals surface area (Å²) in [5, 5.41) is 0. The third-order valence-corrected chi connectivity index (χ3v) is 5.15. The highest BCUT2D eigenvalue weighted by molar-refractivity contribution is 9.11. The zero-order valence-corrected chi connectivity index (χ0v) is 11.1. The first-order valence-corrected chi connectivity index (χ1v) is 7.19. The average molecular weight is 335 g/mol. The van der Waals surface area contributed by atoms with Crippen LogP contribution in [-0.4, -0.2) is 27.4 Å². The maximum Gasteiger partial charge on any atom is 0.273 e. The van der Waals surface area contributed by atoms with Crippen LogP contribution in [0.25, 0.3) is 0 Å². The third-order valence-electron chi connectivity index (χ3n) is 1.63. The fourth-order valence-corrected chi connectivity index (χ4v) is 3.90. The summed E-state index contributed by atoms with van der Waals surface area (Å²) in [6, 6.07) is 2.86. The fraction of sp³-hybridized carbons (Fsp3) is 0.429. The fourth-order valence-electron chi connectivity index (χ4n) is 0.786. The van der Waals surface area contributed by atoms with E-state index in [0.29, 0.717) is 3.79 Å². The highest BCUT2D eigenvalue weighted by Gasteiger charge is 2.29. The van der Waals surface area contributed by atoms with Crippen LogP contribution in [0.15, 0.2) is 20.1 Å². The minimum atomic E-state index is -3.88. The molecule has 0 amide bonds. The summed E-state index contributed by atoms with van der Waals surface area (Å²) in [4.78, 5) is 0. The Balaban J connectivity index is 2.74. The Morgan fingerprint density at radius 1 is 1.50 bits per heavy atom. The van der Waals surface area contributed by atoms with Crippen LogP contribution in [0, 0.1) is 0 Å². The zero-order chi connectivity index (χ0) is 12.4. The van der Waals surface area contributed by atoms with Gasteiger partial charge in [0.15, 0.2) is 0 Å². The third kappa shape index (κ3) is 3.74. The molecular formula is C7H9BrF2N2O2S2. The summed E-state index contributed by atoms with van der Waals surface area (Å²) >= 11 is 4.03. The van der Waals surface area contributed by atoms with Gasteiger partial charge in [0.1, 0.15) is 4.21 Å². The Morgan fingerprint density at radius 3 is 2.56 bits per heavy atom.